The maximum atomic E-state index is 5.44. The quantitative estimate of drug-likeness (QED) is 0.695. The van der Waals surface area contributed by atoms with Gasteiger partial charge in [-0.15, -0.1) is 0 Å². The number of rotatable bonds is 8. The van der Waals surface area contributed by atoms with E-state index in [9.17, 15) is 0 Å². The van der Waals surface area contributed by atoms with Crippen LogP contribution >= 0.6 is 0 Å². The summed E-state index contributed by atoms with van der Waals surface area (Å²) < 4.78 is 10.9. The predicted octanol–water partition coefficient (Wildman–Crippen LogP) is 1.05. The van der Waals surface area contributed by atoms with Gasteiger partial charge < -0.3 is 20.1 Å². The van der Waals surface area contributed by atoms with Crippen molar-refractivity contribution < 1.29 is 9.47 Å². The van der Waals surface area contributed by atoms with Gasteiger partial charge in [-0.25, -0.2) is 4.98 Å². The Morgan fingerprint density at radius 1 is 0.926 bits per heavy atom. The fraction of sp³-hybridized carbons (Fsp3) is 0.789. The maximum absolute atomic E-state index is 5.44. The van der Waals surface area contributed by atoms with Gasteiger partial charge in [0.1, 0.15) is 5.82 Å². The Kier molecular flexibility index (Phi) is 7.63. The van der Waals surface area contributed by atoms with E-state index in [0.717, 1.165) is 77.1 Å². The summed E-state index contributed by atoms with van der Waals surface area (Å²) in [6.45, 7) is 15.5. The first-order chi connectivity index (χ1) is 13.1. The van der Waals surface area contributed by atoms with Gasteiger partial charge in [0, 0.05) is 63.1 Å². The molecule has 0 bridgehead atoms. The molecule has 2 atom stereocenters. The second-order valence-electron chi connectivity index (χ2n) is 7.48. The van der Waals surface area contributed by atoms with Crippen molar-refractivity contribution in [1.82, 2.24) is 19.8 Å². The average Bonchev–Trinajstić information content (AvgIpc) is 2.73. The summed E-state index contributed by atoms with van der Waals surface area (Å²) in [5, 5.41) is 6.89. The van der Waals surface area contributed by atoms with E-state index in [0.29, 0.717) is 18.0 Å². The zero-order chi connectivity index (χ0) is 19.1. The van der Waals surface area contributed by atoms with Crippen molar-refractivity contribution in [3.05, 3.63) is 11.8 Å². The Hall–Kier alpha value is -1.48. The summed E-state index contributed by atoms with van der Waals surface area (Å²) in [5.74, 6) is 1.59. The van der Waals surface area contributed by atoms with Crippen LogP contribution in [0.2, 0.25) is 0 Å². The van der Waals surface area contributed by atoms with Gasteiger partial charge in [-0.1, -0.05) is 0 Å². The van der Waals surface area contributed by atoms with Crippen molar-refractivity contribution in [1.29, 1.82) is 0 Å². The molecule has 2 fully saturated rings. The Labute approximate surface area is 162 Å². The topological polar surface area (TPSA) is 74.8 Å². The Morgan fingerprint density at radius 3 is 2.00 bits per heavy atom. The monoisotopic (exact) mass is 378 g/mol. The Bertz CT molecular complexity index is 575. The molecule has 1 aromatic rings. The standard InChI is InChI=1S/C19H34N6O2/c1-15-12-21-19(22-14-17(3)25-6-10-27-11-7-25)23-18(15)20-13-16(2)24-4-8-26-9-5-24/h12,16-17H,4-11,13-14H2,1-3H3,(H2,20,21,22,23). The van der Waals surface area contributed by atoms with E-state index in [2.05, 4.69) is 44.2 Å². The van der Waals surface area contributed by atoms with Gasteiger partial charge >= 0.3 is 0 Å². The second kappa shape index (κ2) is 10.2. The molecule has 8 heteroatoms. The third-order valence-corrected chi connectivity index (χ3v) is 5.43. The molecule has 0 radical (unpaired) electrons. The largest absolute Gasteiger partial charge is 0.379 e. The first-order valence-electron chi connectivity index (χ1n) is 10.1. The van der Waals surface area contributed by atoms with Gasteiger partial charge in [-0.05, 0) is 20.8 Å². The van der Waals surface area contributed by atoms with Crippen molar-refractivity contribution in [2.24, 2.45) is 0 Å². The van der Waals surface area contributed by atoms with E-state index in [1.165, 1.54) is 0 Å². The van der Waals surface area contributed by atoms with Crippen LogP contribution in [0.4, 0.5) is 11.8 Å². The summed E-state index contributed by atoms with van der Waals surface area (Å²) in [5.41, 5.74) is 1.07. The van der Waals surface area contributed by atoms with Crippen molar-refractivity contribution in [2.45, 2.75) is 32.9 Å². The zero-order valence-corrected chi connectivity index (χ0v) is 16.9. The van der Waals surface area contributed by atoms with E-state index in [4.69, 9.17) is 9.47 Å². The van der Waals surface area contributed by atoms with E-state index >= 15 is 0 Å². The summed E-state index contributed by atoms with van der Waals surface area (Å²) in [4.78, 5) is 14.0. The van der Waals surface area contributed by atoms with E-state index in [1.54, 1.807) is 0 Å². The van der Waals surface area contributed by atoms with Crippen LogP contribution in [0.1, 0.15) is 19.4 Å². The molecule has 3 rings (SSSR count). The molecule has 0 aliphatic carbocycles. The van der Waals surface area contributed by atoms with Gasteiger partial charge in [-0.2, -0.15) is 4.98 Å². The van der Waals surface area contributed by atoms with Gasteiger partial charge in [0.2, 0.25) is 5.95 Å². The van der Waals surface area contributed by atoms with Crippen LogP contribution in [0.3, 0.4) is 0 Å². The molecule has 0 amide bonds. The van der Waals surface area contributed by atoms with Crippen LogP contribution in [-0.2, 0) is 9.47 Å². The molecular formula is C19H34N6O2. The minimum absolute atomic E-state index is 0.427. The van der Waals surface area contributed by atoms with Crippen molar-refractivity contribution in [2.75, 3.05) is 76.3 Å². The SMILES string of the molecule is Cc1cnc(NCC(C)N2CCOCC2)nc1NCC(C)N1CCOCC1. The zero-order valence-electron chi connectivity index (χ0n) is 16.9. The summed E-state index contributed by atoms with van der Waals surface area (Å²) >= 11 is 0. The highest BCUT2D eigenvalue weighted by atomic mass is 16.5. The molecule has 0 aromatic carbocycles. The first kappa shape index (κ1) is 20.3. The fourth-order valence-electron chi connectivity index (χ4n) is 3.48. The van der Waals surface area contributed by atoms with Crippen molar-refractivity contribution in [3.63, 3.8) is 0 Å². The van der Waals surface area contributed by atoms with Gasteiger partial charge in [0.05, 0.1) is 26.4 Å². The number of ether oxygens (including phenoxy) is 2. The molecule has 2 saturated heterocycles. The van der Waals surface area contributed by atoms with E-state index < -0.39 is 0 Å². The van der Waals surface area contributed by atoms with Gasteiger partial charge in [-0.3, -0.25) is 9.80 Å². The summed E-state index contributed by atoms with van der Waals surface area (Å²) in [7, 11) is 0. The average molecular weight is 379 g/mol. The molecule has 3 heterocycles. The molecule has 0 spiro atoms. The van der Waals surface area contributed by atoms with E-state index in [-0.39, 0.29) is 0 Å². The number of hydrogen-bond donors (Lipinski definition) is 2. The van der Waals surface area contributed by atoms with Crippen LogP contribution in [0.15, 0.2) is 6.20 Å². The van der Waals surface area contributed by atoms with Gasteiger partial charge in [0.15, 0.2) is 0 Å². The number of morpholine rings is 2. The number of hydrogen-bond acceptors (Lipinski definition) is 8. The number of anilines is 2. The Balaban J connectivity index is 1.49. The minimum Gasteiger partial charge on any atom is -0.379 e. The lowest BCUT2D eigenvalue weighted by molar-refractivity contribution is 0.0227. The summed E-state index contributed by atoms with van der Waals surface area (Å²) in [6.07, 6.45) is 1.89. The van der Waals surface area contributed by atoms with Gasteiger partial charge in [0.25, 0.3) is 0 Å². The molecular weight excluding hydrogens is 344 g/mol. The third kappa shape index (κ3) is 6.00. The molecule has 2 N–H and O–H groups in total. The third-order valence-electron chi connectivity index (χ3n) is 5.43. The predicted molar refractivity (Wildman–Crippen MR) is 107 cm³/mol. The maximum Gasteiger partial charge on any atom is 0.224 e. The minimum atomic E-state index is 0.427. The number of aryl methyl sites for hydroxylation is 1. The summed E-state index contributed by atoms with van der Waals surface area (Å²) in [6, 6.07) is 0.873. The molecule has 1 aromatic heterocycles. The number of aromatic nitrogens is 2. The van der Waals surface area contributed by atoms with Crippen LogP contribution in [-0.4, -0.2) is 97.5 Å². The van der Waals surface area contributed by atoms with Crippen LogP contribution in [0.25, 0.3) is 0 Å². The second-order valence-corrected chi connectivity index (χ2v) is 7.48. The lowest BCUT2D eigenvalue weighted by Crippen LogP contribution is -2.45. The molecule has 2 aliphatic rings. The van der Waals surface area contributed by atoms with Crippen LogP contribution in [0.5, 0.6) is 0 Å². The molecule has 2 unspecified atom stereocenters. The highest BCUT2D eigenvalue weighted by molar-refractivity contribution is 5.46. The Morgan fingerprint density at radius 2 is 1.44 bits per heavy atom. The smallest absolute Gasteiger partial charge is 0.224 e. The highest BCUT2D eigenvalue weighted by Crippen LogP contribution is 2.14. The number of nitrogens with zero attached hydrogens (tertiary/aromatic N) is 4. The van der Waals surface area contributed by atoms with Crippen LogP contribution < -0.4 is 10.6 Å². The lowest BCUT2D eigenvalue weighted by atomic mass is 10.2. The molecule has 27 heavy (non-hydrogen) atoms. The highest BCUT2D eigenvalue weighted by Gasteiger charge is 2.18. The first-order valence-corrected chi connectivity index (χ1v) is 10.1. The fourth-order valence-corrected chi connectivity index (χ4v) is 3.48. The molecule has 152 valence electrons. The lowest BCUT2D eigenvalue weighted by Gasteiger charge is -2.32. The molecule has 2 aliphatic heterocycles. The van der Waals surface area contributed by atoms with Crippen molar-refractivity contribution in [3.8, 4) is 0 Å². The van der Waals surface area contributed by atoms with Crippen LogP contribution in [0, 0.1) is 6.92 Å². The molecule has 8 nitrogen and oxygen atoms in total. The normalized spacial score (nSPS) is 21.6. The van der Waals surface area contributed by atoms with Crippen molar-refractivity contribution >= 4 is 11.8 Å². The molecule has 0 saturated carbocycles. The van der Waals surface area contributed by atoms with E-state index in [1.807, 2.05) is 13.1 Å². The number of nitrogens with one attached hydrogen (secondary N) is 2.